The second kappa shape index (κ2) is 5.78. The summed E-state index contributed by atoms with van der Waals surface area (Å²) in [4.78, 5) is 13.7. The highest BCUT2D eigenvalue weighted by atomic mass is 79.9. The summed E-state index contributed by atoms with van der Waals surface area (Å²) < 4.78 is 26.6. The molecule has 1 aromatic carbocycles. The van der Waals surface area contributed by atoms with Crippen molar-refractivity contribution >= 4 is 21.8 Å². The molecule has 1 aliphatic rings. The third-order valence-corrected chi connectivity index (χ3v) is 4.10. The number of benzene rings is 1. The first kappa shape index (κ1) is 13.5. The lowest BCUT2D eigenvalue weighted by Gasteiger charge is -2.32. The topological polar surface area (TPSA) is 20.3 Å². The van der Waals surface area contributed by atoms with Crippen LogP contribution in [-0.2, 0) is 0 Å². The predicted molar refractivity (Wildman–Crippen MR) is 68.8 cm³/mol. The molecule has 1 aromatic rings. The van der Waals surface area contributed by atoms with Crippen molar-refractivity contribution in [2.24, 2.45) is 5.92 Å². The van der Waals surface area contributed by atoms with E-state index in [1.54, 1.807) is 4.90 Å². The van der Waals surface area contributed by atoms with E-state index in [0.717, 1.165) is 36.4 Å². The summed E-state index contributed by atoms with van der Waals surface area (Å²) in [6, 6.07) is 2.98. The van der Waals surface area contributed by atoms with Gasteiger partial charge in [-0.25, -0.2) is 8.78 Å². The summed E-state index contributed by atoms with van der Waals surface area (Å²) in [5, 5.41) is 0.822. The first-order chi connectivity index (χ1) is 8.61. The molecule has 0 saturated carbocycles. The Bertz CT molecular complexity index is 453. The van der Waals surface area contributed by atoms with E-state index in [0.29, 0.717) is 19.0 Å². The maximum atomic E-state index is 13.5. The lowest BCUT2D eigenvalue weighted by atomic mass is 9.99. The molecule has 98 valence electrons. The number of hydrogen-bond donors (Lipinski definition) is 0. The number of likely N-dealkylation sites (tertiary alicyclic amines) is 1. The molecule has 1 atom stereocenters. The molecule has 0 spiro atoms. The summed E-state index contributed by atoms with van der Waals surface area (Å²) in [5.74, 6) is -1.28. The molecule has 1 unspecified atom stereocenters. The zero-order chi connectivity index (χ0) is 13.1. The Morgan fingerprint density at radius 3 is 2.94 bits per heavy atom. The monoisotopic (exact) mass is 317 g/mol. The van der Waals surface area contributed by atoms with E-state index in [4.69, 9.17) is 0 Å². The highest BCUT2D eigenvalue weighted by molar-refractivity contribution is 9.09. The molecule has 0 aliphatic carbocycles. The normalized spacial score (nSPS) is 19.9. The number of carbonyl (C=O) groups excluding carboxylic acids is 1. The van der Waals surface area contributed by atoms with Gasteiger partial charge in [0.05, 0.1) is 5.56 Å². The van der Waals surface area contributed by atoms with Gasteiger partial charge in [0.25, 0.3) is 5.91 Å². The molecule has 2 rings (SSSR count). The molecule has 0 bridgehead atoms. The maximum Gasteiger partial charge on any atom is 0.256 e. The summed E-state index contributed by atoms with van der Waals surface area (Å²) in [5.41, 5.74) is -0.176. The van der Waals surface area contributed by atoms with E-state index in [1.165, 1.54) is 0 Å². The smallest absolute Gasteiger partial charge is 0.256 e. The Kier molecular flexibility index (Phi) is 4.32. The van der Waals surface area contributed by atoms with Gasteiger partial charge < -0.3 is 4.90 Å². The van der Waals surface area contributed by atoms with Gasteiger partial charge in [0.15, 0.2) is 0 Å². The Morgan fingerprint density at radius 1 is 1.44 bits per heavy atom. The van der Waals surface area contributed by atoms with Crippen LogP contribution in [0, 0.1) is 17.6 Å². The van der Waals surface area contributed by atoms with Crippen LogP contribution in [0.15, 0.2) is 18.2 Å². The SMILES string of the molecule is O=C(c1cc(F)ccc1F)N1CCCC(CBr)C1. The van der Waals surface area contributed by atoms with Gasteiger partial charge in [0.1, 0.15) is 11.6 Å². The Morgan fingerprint density at radius 2 is 2.22 bits per heavy atom. The molecule has 2 nitrogen and oxygen atoms in total. The Balaban J connectivity index is 2.17. The third-order valence-electron chi connectivity index (χ3n) is 3.18. The minimum absolute atomic E-state index is 0.176. The molecule has 1 amide bonds. The van der Waals surface area contributed by atoms with Crippen LogP contribution in [0.5, 0.6) is 0 Å². The van der Waals surface area contributed by atoms with Crippen molar-refractivity contribution < 1.29 is 13.6 Å². The minimum Gasteiger partial charge on any atom is -0.338 e. The molecule has 5 heteroatoms. The molecular formula is C13H14BrF2NO. The van der Waals surface area contributed by atoms with E-state index in [2.05, 4.69) is 15.9 Å². The van der Waals surface area contributed by atoms with Crippen molar-refractivity contribution in [3.05, 3.63) is 35.4 Å². The summed E-state index contributed by atoms with van der Waals surface area (Å²) in [6.45, 7) is 1.21. The van der Waals surface area contributed by atoms with Crippen LogP contribution in [0.25, 0.3) is 0 Å². The molecule has 1 heterocycles. The Hall–Kier alpha value is -0.970. The van der Waals surface area contributed by atoms with Crippen LogP contribution in [0.1, 0.15) is 23.2 Å². The van der Waals surface area contributed by atoms with Crippen molar-refractivity contribution in [1.29, 1.82) is 0 Å². The zero-order valence-electron chi connectivity index (χ0n) is 9.83. The molecule has 0 aromatic heterocycles. The number of rotatable bonds is 2. The fourth-order valence-corrected chi connectivity index (χ4v) is 2.74. The first-order valence-corrected chi connectivity index (χ1v) is 7.04. The van der Waals surface area contributed by atoms with Crippen molar-refractivity contribution in [1.82, 2.24) is 4.90 Å². The average Bonchev–Trinajstić information content (AvgIpc) is 2.41. The fourth-order valence-electron chi connectivity index (χ4n) is 2.21. The van der Waals surface area contributed by atoms with Crippen molar-refractivity contribution in [3.63, 3.8) is 0 Å². The van der Waals surface area contributed by atoms with Gasteiger partial charge in [-0.2, -0.15) is 0 Å². The number of alkyl halides is 1. The molecule has 0 radical (unpaired) electrons. The molecule has 1 fully saturated rings. The van der Waals surface area contributed by atoms with Crippen molar-refractivity contribution in [2.75, 3.05) is 18.4 Å². The minimum atomic E-state index is -0.664. The van der Waals surface area contributed by atoms with Gasteiger partial charge in [-0.15, -0.1) is 0 Å². The standard InChI is InChI=1S/C13H14BrF2NO/c14-7-9-2-1-5-17(8-9)13(18)11-6-10(15)3-4-12(11)16/h3-4,6,9H,1-2,5,7-8H2. The predicted octanol–water partition coefficient (Wildman–Crippen LogP) is 3.21. The molecule has 1 saturated heterocycles. The third kappa shape index (κ3) is 2.88. The van der Waals surface area contributed by atoms with Gasteiger partial charge in [-0.05, 0) is 37.0 Å². The summed E-state index contributed by atoms with van der Waals surface area (Å²) in [7, 11) is 0. The maximum absolute atomic E-state index is 13.5. The van der Waals surface area contributed by atoms with Gasteiger partial charge in [0, 0.05) is 18.4 Å². The summed E-state index contributed by atoms with van der Waals surface area (Å²) >= 11 is 3.40. The van der Waals surface area contributed by atoms with Crippen LogP contribution in [0.2, 0.25) is 0 Å². The van der Waals surface area contributed by atoms with Gasteiger partial charge >= 0.3 is 0 Å². The molecule has 1 aliphatic heterocycles. The lowest BCUT2D eigenvalue weighted by Crippen LogP contribution is -2.40. The first-order valence-electron chi connectivity index (χ1n) is 5.92. The second-order valence-electron chi connectivity index (χ2n) is 4.54. The molecule has 0 N–H and O–H groups in total. The van der Waals surface area contributed by atoms with E-state index >= 15 is 0 Å². The number of hydrogen-bond acceptors (Lipinski definition) is 1. The average molecular weight is 318 g/mol. The number of carbonyl (C=O) groups is 1. The highest BCUT2D eigenvalue weighted by Gasteiger charge is 2.25. The fraction of sp³-hybridized carbons (Fsp3) is 0.462. The van der Waals surface area contributed by atoms with E-state index in [1.807, 2.05) is 0 Å². The van der Waals surface area contributed by atoms with Crippen LogP contribution in [-0.4, -0.2) is 29.2 Å². The van der Waals surface area contributed by atoms with Gasteiger partial charge in [0.2, 0.25) is 0 Å². The molecule has 18 heavy (non-hydrogen) atoms. The highest BCUT2D eigenvalue weighted by Crippen LogP contribution is 2.21. The van der Waals surface area contributed by atoms with E-state index in [-0.39, 0.29) is 5.56 Å². The lowest BCUT2D eigenvalue weighted by molar-refractivity contribution is 0.0680. The van der Waals surface area contributed by atoms with Crippen LogP contribution < -0.4 is 0 Å². The van der Waals surface area contributed by atoms with Crippen molar-refractivity contribution in [2.45, 2.75) is 12.8 Å². The van der Waals surface area contributed by atoms with Gasteiger partial charge in [-0.3, -0.25) is 4.79 Å². The largest absolute Gasteiger partial charge is 0.338 e. The summed E-state index contributed by atoms with van der Waals surface area (Å²) in [6.07, 6.45) is 1.96. The van der Waals surface area contributed by atoms with Crippen LogP contribution >= 0.6 is 15.9 Å². The molecular weight excluding hydrogens is 304 g/mol. The van der Waals surface area contributed by atoms with Gasteiger partial charge in [-0.1, -0.05) is 15.9 Å². The number of halogens is 3. The zero-order valence-corrected chi connectivity index (χ0v) is 11.4. The van der Waals surface area contributed by atoms with Crippen LogP contribution in [0.3, 0.4) is 0 Å². The number of nitrogens with zero attached hydrogens (tertiary/aromatic N) is 1. The van der Waals surface area contributed by atoms with E-state index in [9.17, 15) is 13.6 Å². The Labute approximate surface area is 113 Å². The number of amides is 1. The van der Waals surface area contributed by atoms with E-state index < -0.39 is 17.5 Å². The number of piperidine rings is 1. The van der Waals surface area contributed by atoms with Crippen molar-refractivity contribution in [3.8, 4) is 0 Å². The second-order valence-corrected chi connectivity index (χ2v) is 5.19. The van der Waals surface area contributed by atoms with Crippen LogP contribution in [0.4, 0.5) is 8.78 Å². The quantitative estimate of drug-likeness (QED) is 0.767.